The minimum absolute atomic E-state index is 0.0641. The standard InChI is InChI=1S/C27H31N5O/c1-20(2)18-26(28-21(3)31-15-6-7-16-31)29-23-10-12-24(13-11-23)30-27(33)19-32-17-14-22-8-4-5-9-25(22)32/h4-5,8-14,17-18H,3,6-7,15-16,19H2,1-2H3,(H,28,29)(H,30,33). The van der Waals surface area contributed by atoms with Gasteiger partial charge in [0, 0.05) is 36.2 Å². The maximum Gasteiger partial charge on any atom is 0.244 e. The molecule has 33 heavy (non-hydrogen) atoms. The Morgan fingerprint density at radius 1 is 1.00 bits per heavy atom. The molecule has 1 aliphatic heterocycles. The number of rotatable bonds is 7. The van der Waals surface area contributed by atoms with Crippen molar-refractivity contribution < 1.29 is 4.79 Å². The number of hydrogen-bond donors (Lipinski definition) is 2. The van der Waals surface area contributed by atoms with E-state index in [0.29, 0.717) is 0 Å². The van der Waals surface area contributed by atoms with E-state index in [2.05, 4.69) is 22.1 Å². The number of nitrogens with one attached hydrogen (secondary N) is 2. The number of hydrogen-bond acceptors (Lipinski definition) is 3. The van der Waals surface area contributed by atoms with E-state index in [1.165, 1.54) is 12.8 Å². The lowest BCUT2D eigenvalue weighted by atomic mass is 10.2. The van der Waals surface area contributed by atoms with E-state index < -0.39 is 0 Å². The number of amides is 1. The fraction of sp³-hybridized carbons (Fsp3) is 0.259. The van der Waals surface area contributed by atoms with Gasteiger partial charge in [-0.3, -0.25) is 4.79 Å². The van der Waals surface area contributed by atoms with Gasteiger partial charge in [-0.1, -0.05) is 30.4 Å². The summed E-state index contributed by atoms with van der Waals surface area (Å²) in [5.74, 6) is 1.47. The molecule has 1 aromatic heterocycles. The molecule has 2 N–H and O–H groups in total. The summed E-state index contributed by atoms with van der Waals surface area (Å²) in [6.45, 7) is 10.5. The first-order valence-corrected chi connectivity index (χ1v) is 11.4. The van der Waals surface area contributed by atoms with Crippen molar-refractivity contribution in [2.45, 2.75) is 33.2 Å². The number of likely N-dealkylation sites (tertiary alicyclic amines) is 1. The number of aliphatic imine (C=N–C) groups is 1. The minimum atomic E-state index is -0.0641. The summed E-state index contributed by atoms with van der Waals surface area (Å²) in [5, 5.41) is 7.47. The summed E-state index contributed by atoms with van der Waals surface area (Å²) < 4.78 is 1.95. The van der Waals surface area contributed by atoms with Gasteiger partial charge in [0.25, 0.3) is 0 Å². The lowest BCUT2D eigenvalue weighted by Gasteiger charge is -2.18. The van der Waals surface area contributed by atoms with Crippen LogP contribution in [0, 0.1) is 0 Å². The molecular formula is C27H31N5O. The Morgan fingerprint density at radius 2 is 1.67 bits per heavy atom. The van der Waals surface area contributed by atoms with Crippen LogP contribution in [0.25, 0.3) is 10.9 Å². The van der Waals surface area contributed by atoms with E-state index in [4.69, 9.17) is 4.99 Å². The van der Waals surface area contributed by atoms with Gasteiger partial charge in [0.05, 0.1) is 0 Å². The number of para-hydroxylation sites is 1. The first kappa shape index (κ1) is 22.4. The molecule has 4 rings (SSSR count). The largest absolute Gasteiger partial charge is 0.357 e. The van der Waals surface area contributed by atoms with Crippen LogP contribution in [0.2, 0.25) is 0 Å². The summed E-state index contributed by atoms with van der Waals surface area (Å²) in [6, 6.07) is 17.7. The van der Waals surface area contributed by atoms with Gasteiger partial charge in [0.1, 0.15) is 18.2 Å². The second-order valence-electron chi connectivity index (χ2n) is 8.58. The van der Waals surface area contributed by atoms with Crippen molar-refractivity contribution >= 4 is 34.0 Å². The van der Waals surface area contributed by atoms with E-state index in [-0.39, 0.29) is 12.5 Å². The topological polar surface area (TPSA) is 61.7 Å². The molecule has 0 saturated carbocycles. The lowest BCUT2D eigenvalue weighted by Crippen LogP contribution is -2.19. The molecule has 0 unspecified atom stereocenters. The number of carbonyl (C=O) groups excluding carboxylic acids is 1. The Morgan fingerprint density at radius 3 is 2.36 bits per heavy atom. The number of anilines is 2. The highest BCUT2D eigenvalue weighted by Crippen LogP contribution is 2.18. The number of fused-ring (bicyclic) bond motifs is 1. The van der Waals surface area contributed by atoms with Crippen LogP contribution in [0.5, 0.6) is 0 Å². The Bertz CT molecular complexity index is 1190. The van der Waals surface area contributed by atoms with Crippen molar-refractivity contribution in [1.29, 1.82) is 0 Å². The van der Waals surface area contributed by atoms with Gasteiger partial charge >= 0.3 is 0 Å². The molecule has 0 bridgehead atoms. The monoisotopic (exact) mass is 441 g/mol. The summed E-state index contributed by atoms with van der Waals surface area (Å²) >= 11 is 0. The van der Waals surface area contributed by atoms with Crippen LogP contribution in [-0.2, 0) is 11.3 Å². The fourth-order valence-corrected chi connectivity index (χ4v) is 3.97. The Kier molecular flexibility index (Phi) is 6.93. The molecule has 1 amide bonds. The van der Waals surface area contributed by atoms with Crippen molar-refractivity contribution in [1.82, 2.24) is 9.47 Å². The number of aromatic nitrogens is 1. The van der Waals surface area contributed by atoms with Crippen molar-refractivity contribution in [2.75, 3.05) is 23.7 Å². The summed E-state index contributed by atoms with van der Waals surface area (Å²) in [6.07, 6.45) is 6.33. The number of benzene rings is 2. The van der Waals surface area contributed by atoms with E-state index in [0.717, 1.165) is 52.6 Å². The van der Waals surface area contributed by atoms with Gasteiger partial charge in [-0.05, 0) is 74.5 Å². The highest BCUT2D eigenvalue weighted by Gasteiger charge is 2.13. The van der Waals surface area contributed by atoms with Crippen LogP contribution in [-0.4, -0.2) is 34.3 Å². The molecule has 1 aliphatic rings. The zero-order valence-electron chi connectivity index (χ0n) is 19.3. The number of amidine groups is 1. The van der Waals surface area contributed by atoms with Gasteiger partial charge in [-0.25, -0.2) is 4.99 Å². The maximum atomic E-state index is 12.6. The van der Waals surface area contributed by atoms with Crippen LogP contribution in [0.15, 0.2) is 89.8 Å². The van der Waals surface area contributed by atoms with E-state index in [9.17, 15) is 4.79 Å². The molecular weight excluding hydrogens is 410 g/mol. The van der Waals surface area contributed by atoms with Gasteiger partial charge in [0.2, 0.25) is 5.91 Å². The molecule has 1 saturated heterocycles. The van der Waals surface area contributed by atoms with Gasteiger partial charge in [-0.15, -0.1) is 0 Å². The Hall–Kier alpha value is -3.80. The molecule has 6 heteroatoms. The van der Waals surface area contributed by atoms with Crippen molar-refractivity contribution in [3.63, 3.8) is 0 Å². The molecule has 0 radical (unpaired) electrons. The zero-order valence-corrected chi connectivity index (χ0v) is 19.3. The quantitative estimate of drug-likeness (QED) is 0.369. The van der Waals surface area contributed by atoms with Gasteiger partial charge in [-0.2, -0.15) is 0 Å². The van der Waals surface area contributed by atoms with Crippen LogP contribution in [0.4, 0.5) is 11.4 Å². The summed E-state index contributed by atoms with van der Waals surface area (Å²) in [5.41, 5.74) is 3.85. The smallest absolute Gasteiger partial charge is 0.244 e. The van der Waals surface area contributed by atoms with Crippen LogP contribution < -0.4 is 10.6 Å². The molecule has 2 heterocycles. The molecule has 2 aromatic carbocycles. The van der Waals surface area contributed by atoms with Crippen molar-refractivity contribution in [2.24, 2.45) is 4.99 Å². The third kappa shape index (κ3) is 5.92. The number of allylic oxidation sites excluding steroid dienone is 1. The molecule has 0 spiro atoms. The third-order valence-corrected chi connectivity index (χ3v) is 5.58. The van der Waals surface area contributed by atoms with Crippen molar-refractivity contribution in [3.8, 4) is 0 Å². The SMILES string of the molecule is C=C(/N=C(\C=C(C)C)Nc1ccc(NC(=O)Cn2ccc3ccccc32)cc1)N1CCCC1. The number of nitrogens with zero attached hydrogens (tertiary/aromatic N) is 3. The van der Waals surface area contributed by atoms with E-state index in [1.54, 1.807) is 0 Å². The first-order valence-electron chi connectivity index (χ1n) is 11.4. The Balaban J connectivity index is 1.39. The second-order valence-corrected chi connectivity index (χ2v) is 8.58. The summed E-state index contributed by atoms with van der Waals surface area (Å²) in [7, 11) is 0. The fourth-order valence-electron chi connectivity index (χ4n) is 3.97. The maximum absolute atomic E-state index is 12.6. The molecule has 0 atom stereocenters. The van der Waals surface area contributed by atoms with Crippen molar-refractivity contribution in [3.05, 3.63) is 84.8 Å². The molecule has 0 aliphatic carbocycles. The average Bonchev–Trinajstić information content (AvgIpc) is 3.45. The predicted octanol–water partition coefficient (Wildman–Crippen LogP) is 5.62. The molecule has 1 fully saturated rings. The first-order chi connectivity index (χ1) is 16.0. The van der Waals surface area contributed by atoms with E-state index in [1.807, 2.05) is 85.3 Å². The van der Waals surface area contributed by atoms with E-state index >= 15 is 0 Å². The zero-order chi connectivity index (χ0) is 23.2. The third-order valence-electron chi connectivity index (χ3n) is 5.58. The van der Waals surface area contributed by atoms with Crippen LogP contribution in [0.3, 0.4) is 0 Å². The van der Waals surface area contributed by atoms with Crippen LogP contribution >= 0.6 is 0 Å². The Labute approximate surface area is 195 Å². The van der Waals surface area contributed by atoms with Crippen LogP contribution in [0.1, 0.15) is 26.7 Å². The predicted molar refractivity (Wildman–Crippen MR) is 137 cm³/mol. The molecule has 3 aromatic rings. The lowest BCUT2D eigenvalue weighted by molar-refractivity contribution is -0.116. The highest BCUT2D eigenvalue weighted by atomic mass is 16.1. The summed E-state index contributed by atoms with van der Waals surface area (Å²) in [4.78, 5) is 19.5. The minimum Gasteiger partial charge on any atom is -0.357 e. The molecule has 170 valence electrons. The van der Waals surface area contributed by atoms with Gasteiger partial charge in [0.15, 0.2) is 0 Å². The average molecular weight is 442 g/mol. The molecule has 6 nitrogen and oxygen atoms in total. The number of carbonyl (C=O) groups is 1. The second kappa shape index (κ2) is 10.2. The normalized spacial score (nSPS) is 13.8. The van der Waals surface area contributed by atoms with Gasteiger partial charge < -0.3 is 20.1 Å². The highest BCUT2D eigenvalue weighted by molar-refractivity contribution is 6.04.